The molecule has 2 heterocycles. The number of hydrogen-bond donors (Lipinski definition) is 1. The van der Waals surface area contributed by atoms with E-state index in [1.54, 1.807) is 18.3 Å². The number of anilines is 1. The summed E-state index contributed by atoms with van der Waals surface area (Å²) in [7, 11) is -1.54. The minimum absolute atomic E-state index is 0.300. The lowest BCUT2D eigenvalue weighted by molar-refractivity contribution is 0.264. The lowest BCUT2D eigenvalue weighted by Crippen LogP contribution is -2.36. The van der Waals surface area contributed by atoms with Crippen LogP contribution in [0.3, 0.4) is 0 Å². The van der Waals surface area contributed by atoms with Crippen LogP contribution in [0.2, 0.25) is 0 Å². The summed E-state index contributed by atoms with van der Waals surface area (Å²) in [5.74, 6) is 0. The highest BCUT2D eigenvalue weighted by atomic mass is 79.9. The summed E-state index contributed by atoms with van der Waals surface area (Å²) in [6.45, 7) is 4.12. The molecule has 0 saturated carbocycles. The van der Waals surface area contributed by atoms with Crippen molar-refractivity contribution in [3.63, 3.8) is 0 Å². The molecule has 0 aliphatic carbocycles. The van der Waals surface area contributed by atoms with Crippen LogP contribution in [0.4, 0.5) is 5.69 Å². The summed E-state index contributed by atoms with van der Waals surface area (Å²) in [4.78, 5) is 2.62. The van der Waals surface area contributed by atoms with Gasteiger partial charge >= 0.3 is 0 Å². The molecule has 1 N–H and O–H groups in total. The second kappa shape index (κ2) is 7.54. The second-order valence-corrected chi connectivity index (χ2v) is 10.2. The van der Waals surface area contributed by atoms with Gasteiger partial charge in [0, 0.05) is 27.8 Å². The van der Waals surface area contributed by atoms with E-state index >= 15 is 0 Å². The number of benzene rings is 2. The fourth-order valence-corrected chi connectivity index (χ4v) is 5.46. The first-order valence-corrected chi connectivity index (χ1v) is 11.7. The molecule has 0 bridgehead atoms. The molecule has 0 spiro atoms. The Kier molecular flexibility index (Phi) is 5.24. The molecule has 0 radical (unpaired) electrons. The molecule has 7 heteroatoms. The molecule has 3 aromatic rings. The van der Waals surface area contributed by atoms with Gasteiger partial charge in [-0.15, -0.1) is 0 Å². The Morgan fingerprint density at radius 2 is 1.82 bits per heavy atom. The highest BCUT2D eigenvalue weighted by molar-refractivity contribution is 9.10. The van der Waals surface area contributed by atoms with Gasteiger partial charge < -0.3 is 10.2 Å². The second-order valence-electron chi connectivity index (χ2n) is 7.52. The predicted molar refractivity (Wildman–Crippen MR) is 118 cm³/mol. The number of nitrogens with zero attached hydrogens (tertiary/aromatic N) is 2. The predicted octanol–water partition coefficient (Wildman–Crippen LogP) is 4.46. The number of hydrogen-bond acceptors (Lipinski definition) is 4. The quantitative estimate of drug-likeness (QED) is 0.623. The van der Waals surface area contributed by atoms with Gasteiger partial charge in [0.25, 0.3) is 10.0 Å². The average Bonchev–Trinajstić information content (AvgIpc) is 3.09. The van der Waals surface area contributed by atoms with E-state index in [-0.39, 0.29) is 0 Å². The molecule has 0 amide bonds. The van der Waals surface area contributed by atoms with E-state index in [0.29, 0.717) is 16.5 Å². The first kappa shape index (κ1) is 19.5. The number of rotatable bonds is 4. The highest BCUT2D eigenvalue weighted by Crippen LogP contribution is 2.28. The van der Waals surface area contributed by atoms with Crippen molar-refractivity contribution in [3.8, 4) is 0 Å². The molecule has 1 fully saturated rings. The summed E-state index contributed by atoms with van der Waals surface area (Å²) in [6.07, 6.45) is 3.74. The first-order chi connectivity index (χ1) is 13.3. The fraction of sp³-hybridized carbons (Fsp3) is 0.333. The highest BCUT2D eigenvalue weighted by Gasteiger charge is 2.22. The average molecular weight is 462 g/mol. The van der Waals surface area contributed by atoms with Gasteiger partial charge in [-0.05, 0) is 81.9 Å². The van der Waals surface area contributed by atoms with Crippen molar-refractivity contribution in [2.75, 3.05) is 25.5 Å². The molecular weight excluding hydrogens is 438 g/mol. The van der Waals surface area contributed by atoms with Crippen LogP contribution in [0.5, 0.6) is 0 Å². The number of nitrogens with one attached hydrogen (secondary N) is 1. The van der Waals surface area contributed by atoms with Crippen LogP contribution in [-0.4, -0.2) is 43.5 Å². The van der Waals surface area contributed by atoms with Gasteiger partial charge in [0.1, 0.15) is 0 Å². The summed E-state index contributed by atoms with van der Waals surface area (Å²) in [6, 6.07) is 13.1. The number of piperidine rings is 1. The fourth-order valence-electron chi connectivity index (χ4n) is 3.70. The molecule has 1 saturated heterocycles. The zero-order chi connectivity index (χ0) is 19.9. The third-order valence-electron chi connectivity index (χ3n) is 5.46. The Hall–Kier alpha value is -1.83. The van der Waals surface area contributed by atoms with Crippen LogP contribution >= 0.6 is 15.9 Å². The van der Waals surface area contributed by atoms with E-state index in [2.05, 4.69) is 33.2 Å². The maximum absolute atomic E-state index is 13.3. The van der Waals surface area contributed by atoms with Crippen molar-refractivity contribution in [2.24, 2.45) is 0 Å². The maximum atomic E-state index is 13.3. The Morgan fingerprint density at radius 3 is 2.57 bits per heavy atom. The Morgan fingerprint density at radius 1 is 1.07 bits per heavy atom. The summed E-state index contributed by atoms with van der Waals surface area (Å²) in [5.41, 5.74) is 2.63. The molecule has 1 aromatic heterocycles. The monoisotopic (exact) mass is 461 g/mol. The summed E-state index contributed by atoms with van der Waals surface area (Å²) < 4.78 is 28.9. The smallest absolute Gasteiger partial charge is 0.268 e. The number of fused-ring (bicyclic) bond motifs is 1. The Balaban J connectivity index is 1.68. The van der Waals surface area contributed by atoms with Crippen LogP contribution < -0.4 is 5.32 Å². The van der Waals surface area contributed by atoms with Gasteiger partial charge in [-0.3, -0.25) is 0 Å². The van der Waals surface area contributed by atoms with Gasteiger partial charge in [-0.2, -0.15) is 0 Å². The molecule has 5 nitrogen and oxygen atoms in total. The zero-order valence-corrected chi connectivity index (χ0v) is 18.4. The van der Waals surface area contributed by atoms with Crippen LogP contribution in [0.1, 0.15) is 18.4 Å². The van der Waals surface area contributed by atoms with E-state index in [4.69, 9.17) is 0 Å². The van der Waals surface area contributed by atoms with Gasteiger partial charge in [0.15, 0.2) is 0 Å². The third-order valence-corrected chi connectivity index (χ3v) is 7.64. The number of halogens is 1. The number of aryl methyl sites for hydroxylation is 1. The zero-order valence-electron chi connectivity index (χ0n) is 16.0. The van der Waals surface area contributed by atoms with Crippen molar-refractivity contribution >= 4 is 42.5 Å². The minimum Gasteiger partial charge on any atom is -0.382 e. The van der Waals surface area contributed by atoms with E-state index in [1.165, 1.54) is 3.97 Å². The van der Waals surface area contributed by atoms with E-state index in [9.17, 15) is 8.42 Å². The Labute approximate surface area is 174 Å². The lowest BCUT2D eigenvalue weighted by Gasteiger charge is -2.30. The molecule has 148 valence electrons. The van der Waals surface area contributed by atoms with Gasteiger partial charge in [0.2, 0.25) is 0 Å². The topological polar surface area (TPSA) is 54.3 Å². The normalized spacial score (nSPS) is 16.5. The molecule has 2 aromatic carbocycles. The van der Waals surface area contributed by atoms with Gasteiger partial charge in [-0.1, -0.05) is 22.0 Å². The van der Waals surface area contributed by atoms with Crippen molar-refractivity contribution < 1.29 is 8.42 Å². The molecule has 1 aliphatic rings. The largest absolute Gasteiger partial charge is 0.382 e. The SMILES string of the molecule is Cc1ccc(S(=O)(=O)n2ccc3cc(Br)ccc32)cc1NC1CCN(C)CC1. The van der Waals surface area contributed by atoms with Crippen LogP contribution in [0.15, 0.2) is 58.0 Å². The van der Waals surface area contributed by atoms with E-state index in [1.807, 2.05) is 37.3 Å². The van der Waals surface area contributed by atoms with Gasteiger partial charge in [0.05, 0.1) is 10.4 Å². The number of aromatic nitrogens is 1. The van der Waals surface area contributed by atoms with Crippen molar-refractivity contribution in [2.45, 2.75) is 30.7 Å². The molecule has 28 heavy (non-hydrogen) atoms. The Bertz CT molecular complexity index is 1120. The van der Waals surface area contributed by atoms with Crippen LogP contribution in [-0.2, 0) is 10.0 Å². The summed E-state index contributed by atoms with van der Waals surface area (Å²) in [5, 5.41) is 4.45. The van der Waals surface area contributed by atoms with Crippen molar-refractivity contribution in [1.29, 1.82) is 0 Å². The van der Waals surface area contributed by atoms with Crippen LogP contribution in [0.25, 0.3) is 10.9 Å². The standard InChI is InChI=1S/C21H24BrN3O2S/c1-15-3-5-19(14-20(15)23-18-8-10-24(2)11-9-18)28(26,27)25-12-7-16-13-17(22)4-6-21(16)25/h3-7,12-14,18,23H,8-11H2,1-2H3. The molecule has 0 unspecified atom stereocenters. The molecule has 1 aliphatic heterocycles. The lowest BCUT2D eigenvalue weighted by atomic mass is 10.0. The number of likely N-dealkylation sites (tertiary alicyclic amines) is 1. The summed E-state index contributed by atoms with van der Waals surface area (Å²) >= 11 is 3.44. The molecular formula is C21H24BrN3O2S. The van der Waals surface area contributed by atoms with Gasteiger partial charge in [-0.25, -0.2) is 12.4 Å². The minimum atomic E-state index is -3.67. The first-order valence-electron chi connectivity index (χ1n) is 9.42. The molecule has 0 atom stereocenters. The van der Waals surface area contributed by atoms with E-state index in [0.717, 1.165) is 47.0 Å². The maximum Gasteiger partial charge on any atom is 0.268 e. The van der Waals surface area contributed by atoms with Crippen LogP contribution in [0, 0.1) is 6.92 Å². The van der Waals surface area contributed by atoms with Crippen molar-refractivity contribution in [3.05, 3.63) is 58.7 Å². The molecule has 4 rings (SSSR count). The third kappa shape index (κ3) is 3.71. The van der Waals surface area contributed by atoms with E-state index < -0.39 is 10.0 Å². The van der Waals surface area contributed by atoms with Crippen molar-refractivity contribution in [1.82, 2.24) is 8.87 Å².